The van der Waals surface area contributed by atoms with Crippen LogP contribution in [-0.4, -0.2) is 5.91 Å². The second-order valence-corrected chi connectivity index (χ2v) is 4.14. The molecule has 0 saturated carbocycles. The number of carbonyl (C=O) groups is 1. The molecule has 1 amide bonds. The molecule has 0 saturated heterocycles. The van der Waals surface area contributed by atoms with Crippen molar-refractivity contribution in [3.63, 3.8) is 0 Å². The van der Waals surface area contributed by atoms with Crippen LogP contribution >= 0.6 is 0 Å². The van der Waals surface area contributed by atoms with E-state index >= 15 is 0 Å². The van der Waals surface area contributed by atoms with Crippen LogP contribution in [0.4, 0.5) is 5.69 Å². The molecule has 0 spiro atoms. The standard InChI is InChI=1S/C15H16N2O2/c1-2-10-6-3-4-8-12(10)19-13-9-5-7-11(14(13)16)15(17)18/h3-9H,2,16H2,1H3,(H2,17,18). The zero-order valence-electron chi connectivity index (χ0n) is 10.7. The topological polar surface area (TPSA) is 78.3 Å². The predicted octanol–water partition coefficient (Wildman–Crippen LogP) is 2.72. The lowest BCUT2D eigenvalue weighted by atomic mass is 10.1. The highest BCUT2D eigenvalue weighted by Crippen LogP contribution is 2.31. The average Bonchev–Trinajstić information content (AvgIpc) is 2.41. The number of para-hydroxylation sites is 2. The lowest BCUT2D eigenvalue weighted by Crippen LogP contribution is -2.13. The largest absolute Gasteiger partial charge is 0.455 e. The Kier molecular flexibility index (Phi) is 3.71. The number of ether oxygens (including phenoxy) is 1. The minimum atomic E-state index is -0.563. The van der Waals surface area contributed by atoms with Gasteiger partial charge >= 0.3 is 0 Å². The van der Waals surface area contributed by atoms with E-state index in [1.807, 2.05) is 31.2 Å². The van der Waals surface area contributed by atoms with E-state index in [4.69, 9.17) is 16.2 Å². The van der Waals surface area contributed by atoms with Gasteiger partial charge in [-0.1, -0.05) is 31.2 Å². The maximum absolute atomic E-state index is 11.2. The molecule has 98 valence electrons. The molecule has 0 fully saturated rings. The van der Waals surface area contributed by atoms with Gasteiger partial charge in [0.05, 0.1) is 11.3 Å². The Morgan fingerprint density at radius 2 is 1.79 bits per heavy atom. The van der Waals surface area contributed by atoms with Crippen LogP contribution in [0.3, 0.4) is 0 Å². The third kappa shape index (κ3) is 2.68. The number of nitrogen functional groups attached to an aromatic ring is 1. The summed E-state index contributed by atoms with van der Waals surface area (Å²) in [7, 11) is 0. The molecule has 4 N–H and O–H groups in total. The predicted molar refractivity (Wildman–Crippen MR) is 75.3 cm³/mol. The first-order chi connectivity index (χ1) is 9.13. The normalized spacial score (nSPS) is 10.2. The highest BCUT2D eigenvalue weighted by molar-refractivity contribution is 5.99. The van der Waals surface area contributed by atoms with E-state index in [2.05, 4.69) is 0 Å². The molecule has 2 rings (SSSR count). The zero-order valence-corrected chi connectivity index (χ0v) is 10.7. The zero-order chi connectivity index (χ0) is 13.8. The number of rotatable bonds is 4. The molecule has 0 bridgehead atoms. The first kappa shape index (κ1) is 13.0. The molecule has 0 aliphatic rings. The van der Waals surface area contributed by atoms with E-state index in [-0.39, 0.29) is 11.3 Å². The molecular weight excluding hydrogens is 240 g/mol. The summed E-state index contributed by atoms with van der Waals surface area (Å²) in [5.41, 5.74) is 12.8. The first-order valence-corrected chi connectivity index (χ1v) is 6.07. The fourth-order valence-electron chi connectivity index (χ4n) is 1.86. The summed E-state index contributed by atoms with van der Waals surface area (Å²) in [5.74, 6) is 0.613. The van der Waals surface area contributed by atoms with Crippen molar-refractivity contribution < 1.29 is 9.53 Å². The van der Waals surface area contributed by atoms with Crippen LogP contribution in [0.2, 0.25) is 0 Å². The maximum atomic E-state index is 11.2. The SMILES string of the molecule is CCc1ccccc1Oc1cccc(C(N)=O)c1N. The lowest BCUT2D eigenvalue weighted by Gasteiger charge is -2.13. The molecule has 0 atom stereocenters. The van der Waals surface area contributed by atoms with Crippen molar-refractivity contribution in [1.29, 1.82) is 0 Å². The number of benzene rings is 2. The van der Waals surface area contributed by atoms with Gasteiger partial charge in [0.2, 0.25) is 0 Å². The molecule has 19 heavy (non-hydrogen) atoms. The number of primary amides is 1. The van der Waals surface area contributed by atoms with E-state index in [1.165, 1.54) is 0 Å². The Bertz CT molecular complexity index is 609. The van der Waals surface area contributed by atoms with Crippen molar-refractivity contribution in [2.75, 3.05) is 5.73 Å². The van der Waals surface area contributed by atoms with Gasteiger partial charge in [0.15, 0.2) is 5.75 Å². The van der Waals surface area contributed by atoms with Crippen molar-refractivity contribution in [3.8, 4) is 11.5 Å². The Labute approximate surface area is 112 Å². The number of carbonyl (C=O) groups excluding carboxylic acids is 1. The van der Waals surface area contributed by atoms with E-state index in [0.717, 1.165) is 17.7 Å². The quantitative estimate of drug-likeness (QED) is 0.825. The van der Waals surface area contributed by atoms with Gasteiger partial charge in [0.25, 0.3) is 5.91 Å². The van der Waals surface area contributed by atoms with Crippen LogP contribution in [0.5, 0.6) is 11.5 Å². The van der Waals surface area contributed by atoms with Crippen molar-refractivity contribution in [2.45, 2.75) is 13.3 Å². The van der Waals surface area contributed by atoms with Crippen LogP contribution in [0.25, 0.3) is 0 Å². The molecule has 0 aliphatic heterocycles. The van der Waals surface area contributed by atoms with E-state index in [1.54, 1.807) is 18.2 Å². The van der Waals surface area contributed by atoms with Crippen LogP contribution in [0.1, 0.15) is 22.8 Å². The minimum absolute atomic E-state index is 0.265. The van der Waals surface area contributed by atoms with Gasteiger partial charge in [0, 0.05) is 0 Å². The number of anilines is 1. The number of amides is 1. The monoisotopic (exact) mass is 256 g/mol. The summed E-state index contributed by atoms with van der Waals surface area (Å²) >= 11 is 0. The number of aryl methyl sites for hydroxylation is 1. The molecule has 4 heteroatoms. The molecular formula is C15H16N2O2. The Balaban J connectivity index is 2.39. The summed E-state index contributed by atoms with van der Waals surface area (Å²) in [6.45, 7) is 2.05. The Morgan fingerprint density at radius 3 is 2.47 bits per heavy atom. The van der Waals surface area contributed by atoms with Gasteiger partial charge in [-0.25, -0.2) is 0 Å². The molecule has 2 aromatic carbocycles. The van der Waals surface area contributed by atoms with Crippen molar-refractivity contribution in [2.24, 2.45) is 5.73 Å². The van der Waals surface area contributed by atoms with Gasteiger partial charge in [-0.15, -0.1) is 0 Å². The van der Waals surface area contributed by atoms with Gasteiger partial charge in [-0.3, -0.25) is 4.79 Å². The molecule has 0 unspecified atom stereocenters. The van der Waals surface area contributed by atoms with Gasteiger partial charge < -0.3 is 16.2 Å². The van der Waals surface area contributed by atoms with Crippen LogP contribution in [0.15, 0.2) is 42.5 Å². The van der Waals surface area contributed by atoms with E-state index in [0.29, 0.717) is 5.75 Å². The second kappa shape index (κ2) is 5.44. The van der Waals surface area contributed by atoms with E-state index in [9.17, 15) is 4.79 Å². The molecule has 0 heterocycles. The first-order valence-electron chi connectivity index (χ1n) is 6.07. The number of hydrogen-bond donors (Lipinski definition) is 2. The summed E-state index contributed by atoms with van der Waals surface area (Å²) in [6.07, 6.45) is 0.853. The summed E-state index contributed by atoms with van der Waals surface area (Å²) in [4.78, 5) is 11.2. The molecule has 2 aromatic rings. The lowest BCUT2D eigenvalue weighted by molar-refractivity contribution is 0.100. The summed E-state index contributed by atoms with van der Waals surface area (Å²) < 4.78 is 5.79. The molecule has 0 aliphatic carbocycles. The van der Waals surface area contributed by atoms with Gasteiger partial charge in [-0.05, 0) is 30.2 Å². The van der Waals surface area contributed by atoms with Crippen LogP contribution < -0.4 is 16.2 Å². The van der Waals surface area contributed by atoms with Crippen LogP contribution in [0, 0.1) is 0 Å². The summed E-state index contributed by atoms with van der Waals surface area (Å²) in [5, 5.41) is 0. The highest BCUT2D eigenvalue weighted by atomic mass is 16.5. The third-order valence-corrected chi connectivity index (χ3v) is 2.91. The number of hydrogen-bond acceptors (Lipinski definition) is 3. The summed E-state index contributed by atoms with van der Waals surface area (Å²) in [6, 6.07) is 12.7. The van der Waals surface area contributed by atoms with Gasteiger partial charge in [0.1, 0.15) is 5.75 Å². The maximum Gasteiger partial charge on any atom is 0.250 e. The smallest absolute Gasteiger partial charge is 0.250 e. The van der Waals surface area contributed by atoms with Gasteiger partial charge in [-0.2, -0.15) is 0 Å². The fourth-order valence-corrected chi connectivity index (χ4v) is 1.86. The molecule has 0 aromatic heterocycles. The van der Waals surface area contributed by atoms with E-state index < -0.39 is 5.91 Å². The fraction of sp³-hybridized carbons (Fsp3) is 0.133. The van der Waals surface area contributed by atoms with Crippen molar-refractivity contribution >= 4 is 11.6 Å². The van der Waals surface area contributed by atoms with Crippen molar-refractivity contribution in [3.05, 3.63) is 53.6 Å². The molecule has 0 radical (unpaired) electrons. The number of nitrogens with two attached hydrogens (primary N) is 2. The molecule has 4 nitrogen and oxygen atoms in total. The Morgan fingerprint density at radius 1 is 1.11 bits per heavy atom. The average molecular weight is 256 g/mol. The third-order valence-electron chi connectivity index (χ3n) is 2.91. The Hall–Kier alpha value is -2.49. The van der Waals surface area contributed by atoms with Crippen molar-refractivity contribution in [1.82, 2.24) is 0 Å². The minimum Gasteiger partial charge on any atom is -0.455 e. The second-order valence-electron chi connectivity index (χ2n) is 4.14. The van der Waals surface area contributed by atoms with Crippen LogP contribution in [-0.2, 0) is 6.42 Å². The highest BCUT2D eigenvalue weighted by Gasteiger charge is 2.12.